The topological polar surface area (TPSA) is 41.8 Å². The Morgan fingerprint density at radius 3 is 2.86 bits per heavy atom. The quantitative estimate of drug-likeness (QED) is 0.848. The number of nitrogens with two attached hydrogens (primary N) is 1. The number of benzene rings is 1. The lowest BCUT2D eigenvalue weighted by Gasteiger charge is -1.96. The Bertz CT molecular complexity index is 460. The predicted molar refractivity (Wildman–Crippen MR) is 63.3 cm³/mol. The first-order valence-corrected chi connectivity index (χ1v) is 5.54. The standard InChI is InChI=1S/C11H13BrN2/c1-2-9-11(12)8-5-7(6-13)3-4-10(8)14-9/h3-5,14H,2,6,13H2,1H3. The molecule has 0 aliphatic rings. The average Bonchev–Trinajstić information content (AvgIpc) is 2.55. The number of aromatic amines is 1. The summed E-state index contributed by atoms with van der Waals surface area (Å²) >= 11 is 3.60. The van der Waals surface area contributed by atoms with Gasteiger partial charge in [0.1, 0.15) is 0 Å². The number of aryl methyl sites for hydroxylation is 1. The molecule has 14 heavy (non-hydrogen) atoms. The van der Waals surface area contributed by atoms with E-state index in [1.807, 2.05) is 0 Å². The molecule has 0 saturated carbocycles. The van der Waals surface area contributed by atoms with Crippen molar-refractivity contribution in [1.82, 2.24) is 4.98 Å². The molecule has 0 amide bonds. The van der Waals surface area contributed by atoms with Crippen molar-refractivity contribution in [3.63, 3.8) is 0 Å². The molecule has 2 rings (SSSR count). The molecule has 1 aromatic carbocycles. The number of fused-ring (bicyclic) bond motifs is 1. The van der Waals surface area contributed by atoms with Crippen molar-refractivity contribution in [2.75, 3.05) is 0 Å². The van der Waals surface area contributed by atoms with E-state index in [4.69, 9.17) is 5.73 Å². The highest BCUT2D eigenvalue weighted by Crippen LogP contribution is 2.28. The van der Waals surface area contributed by atoms with Crippen LogP contribution in [0, 0.1) is 0 Å². The van der Waals surface area contributed by atoms with Gasteiger partial charge in [-0.25, -0.2) is 0 Å². The lowest BCUT2D eigenvalue weighted by Crippen LogP contribution is -1.94. The fourth-order valence-corrected chi connectivity index (χ4v) is 2.34. The maximum Gasteiger partial charge on any atom is 0.0468 e. The molecule has 1 aromatic heterocycles. The molecule has 2 aromatic rings. The number of hydrogen-bond acceptors (Lipinski definition) is 1. The minimum atomic E-state index is 0.592. The van der Waals surface area contributed by atoms with Crippen LogP contribution in [0.3, 0.4) is 0 Å². The third-order valence-electron chi connectivity index (χ3n) is 2.46. The van der Waals surface area contributed by atoms with Gasteiger partial charge < -0.3 is 10.7 Å². The fraction of sp³-hybridized carbons (Fsp3) is 0.273. The van der Waals surface area contributed by atoms with Crippen LogP contribution in [-0.2, 0) is 13.0 Å². The average molecular weight is 253 g/mol. The van der Waals surface area contributed by atoms with E-state index in [2.05, 4.69) is 46.0 Å². The number of halogens is 1. The Morgan fingerprint density at radius 2 is 2.21 bits per heavy atom. The van der Waals surface area contributed by atoms with Gasteiger partial charge >= 0.3 is 0 Å². The first-order valence-electron chi connectivity index (χ1n) is 4.75. The van der Waals surface area contributed by atoms with Crippen LogP contribution in [0.5, 0.6) is 0 Å². The van der Waals surface area contributed by atoms with Crippen LogP contribution in [0.25, 0.3) is 10.9 Å². The van der Waals surface area contributed by atoms with Crippen molar-refractivity contribution in [2.45, 2.75) is 19.9 Å². The van der Waals surface area contributed by atoms with Crippen LogP contribution < -0.4 is 5.73 Å². The summed E-state index contributed by atoms with van der Waals surface area (Å²) < 4.78 is 1.17. The van der Waals surface area contributed by atoms with Gasteiger partial charge in [0, 0.05) is 27.6 Å². The minimum absolute atomic E-state index is 0.592. The molecule has 2 nitrogen and oxygen atoms in total. The van der Waals surface area contributed by atoms with E-state index in [9.17, 15) is 0 Å². The summed E-state index contributed by atoms with van der Waals surface area (Å²) in [6, 6.07) is 6.28. The number of nitrogens with one attached hydrogen (secondary N) is 1. The van der Waals surface area contributed by atoms with Crippen molar-refractivity contribution in [1.29, 1.82) is 0 Å². The first kappa shape index (κ1) is 9.74. The molecule has 0 bridgehead atoms. The molecule has 3 N–H and O–H groups in total. The van der Waals surface area contributed by atoms with Crippen molar-refractivity contribution >= 4 is 26.8 Å². The summed E-state index contributed by atoms with van der Waals surface area (Å²) in [5, 5.41) is 1.23. The zero-order valence-electron chi connectivity index (χ0n) is 8.10. The second-order valence-electron chi connectivity index (χ2n) is 3.36. The predicted octanol–water partition coefficient (Wildman–Crippen LogP) is 2.95. The summed E-state index contributed by atoms with van der Waals surface area (Å²) in [6.45, 7) is 2.73. The van der Waals surface area contributed by atoms with Crippen molar-refractivity contribution in [3.05, 3.63) is 33.9 Å². The van der Waals surface area contributed by atoms with E-state index in [1.54, 1.807) is 0 Å². The second-order valence-corrected chi connectivity index (χ2v) is 4.15. The molecule has 1 heterocycles. The Hall–Kier alpha value is -0.800. The lowest BCUT2D eigenvalue weighted by atomic mass is 10.1. The van der Waals surface area contributed by atoms with Crippen LogP contribution in [-0.4, -0.2) is 4.98 Å². The molecule has 0 radical (unpaired) electrons. The highest BCUT2D eigenvalue weighted by molar-refractivity contribution is 9.10. The highest BCUT2D eigenvalue weighted by Gasteiger charge is 2.07. The van der Waals surface area contributed by atoms with Gasteiger partial charge in [0.25, 0.3) is 0 Å². The summed E-state index contributed by atoms with van der Waals surface area (Å²) in [7, 11) is 0. The number of rotatable bonds is 2. The number of H-pyrrole nitrogens is 1. The van der Waals surface area contributed by atoms with Crippen LogP contribution in [0.15, 0.2) is 22.7 Å². The van der Waals surface area contributed by atoms with Crippen LogP contribution in [0.1, 0.15) is 18.2 Å². The van der Waals surface area contributed by atoms with E-state index in [-0.39, 0.29) is 0 Å². The molecule has 0 atom stereocenters. The van der Waals surface area contributed by atoms with Gasteiger partial charge in [0.2, 0.25) is 0 Å². The van der Waals surface area contributed by atoms with Crippen molar-refractivity contribution in [3.8, 4) is 0 Å². The maximum absolute atomic E-state index is 5.60. The van der Waals surface area contributed by atoms with Crippen LogP contribution >= 0.6 is 15.9 Å². The lowest BCUT2D eigenvalue weighted by molar-refractivity contribution is 1.06. The third kappa shape index (κ3) is 1.47. The monoisotopic (exact) mass is 252 g/mol. The van der Waals surface area contributed by atoms with Gasteiger partial charge in [0.05, 0.1) is 0 Å². The fourth-order valence-electron chi connectivity index (χ4n) is 1.63. The molecule has 0 aliphatic carbocycles. The molecule has 3 heteroatoms. The Labute approximate surface area is 91.6 Å². The molecule has 0 saturated heterocycles. The normalized spacial score (nSPS) is 11.1. The number of aromatic nitrogens is 1. The first-order chi connectivity index (χ1) is 6.76. The zero-order valence-corrected chi connectivity index (χ0v) is 9.69. The largest absolute Gasteiger partial charge is 0.357 e. The van der Waals surface area contributed by atoms with Gasteiger partial charge in [-0.3, -0.25) is 0 Å². The molecule has 74 valence electrons. The van der Waals surface area contributed by atoms with E-state index in [0.29, 0.717) is 6.54 Å². The molecule has 0 fully saturated rings. The van der Waals surface area contributed by atoms with E-state index < -0.39 is 0 Å². The summed E-state index contributed by atoms with van der Waals surface area (Å²) in [5.74, 6) is 0. The SMILES string of the molecule is CCc1[nH]c2ccc(CN)cc2c1Br. The van der Waals surface area contributed by atoms with E-state index in [1.165, 1.54) is 26.6 Å². The molecular formula is C11H13BrN2. The van der Waals surface area contributed by atoms with Gasteiger partial charge in [0.15, 0.2) is 0 Å². The van der Waals surface area contributed by atoms with Gasteiger partial charge in [-0.15, -0.1) is 0 Å². The molecule has 0 unspecified atom stereocenters. The third-order valence-corrected chi connectivity index (χ3v) is 3.37. The summed E-state index contributed by atoms with van der Waals surface area (Å²) in [5.41, 5.74) is 9.19. The van der Waals surface area contributed by atoms with Crippen molar-refractivity contribution < 1.29 is 0 Å². The van der Waals surface area contributed by atoms with Crippen molar-refractivity contribution in [2.24, 2.45) is 5.73 Å². The minimum Gasteiger partial charge on any atom is -0.357 e. The molecule has 0 aliphatic heterocycles. The Kier molecular flexibility index (Phi) is 2.61. The molecular weight excluding hydrogens is 240 g/mol. The summed E-state index contributed by atoms with van der Waals surface area (Å²) in [6.07, 6.45) is 1.01. The second kappa shape index (κ2) is 3.75. The van der Waals surface area contributed by atoms with E-state index >= 15 is 0 Å². The van der Waals surface area contributed by atoms with Crippen LogP contribution in [0.2, 0.25) is 0 Å². The Morgan fingerprint density at radius 1 is 1.43 bits per heavy atom. The zero-order chi connectivity index (χ0) is 10.1. The molecule has 0 spiro atoms. The van der Waals surface area contributed by atoms with E-state index in [0.717, 1.165) is 6.42 Å². The van der Waals surface area contributed by atoms with Gasteiger partial charge in [-0.2, -0.15) is 0 Å². The smallest absolute Gasteiger partial charge is 0.0468 e. The highest BCUT2D eigenvalue weighted by atomic mass is 79.9. The summed E-state index contributed by atoms with van der Waals surface area (Å²) in [4.78, 5) is 3.38. The number of hydrogen-bond donors (Lipinski definition) is 2. The van der Waals surface area contributed by atoms with Crippen LogP contribution in [0.4, 0.5) is 0 Å². The Balaban J connectivity index is 2.68. The van der Waals surface area contributed by atoms with Gasteiger partial charge in [-0.05, 0) is 40.0 Å². The maximum atomic E-state index is 5.60. The van der Waals surface area contributed by atoms with Gasteiger partial charge in [-0.1, -0.05) is 13.0 Å².